The lowest BCUT2D eigenvalue weighted by Crippen LogP contribution is -2.26. The highest BCUT2D eigenvalue weighted by atomic mass is 35.5. The number of amides is 1. The standard InChI is InChI=1S/C16H15ClN4O2/c1-21-14(11-4-2-3-5-12(11)17)20-13-8-10(9-19-15(13)21)16(23)18-6-7-22/h2-5,8-9,22H,6-7H2,1H3,(H,18,23). The third kappa shape index (κ3) is 2.91. The number of carbonyl (C=O) groups excluding carboxylic acids is 1. The molecule has 0 aliphatic rings. The zero-order chi connectivity index (χ0) is 16.4. The van der Waals surface area contributed by atoms with Crippen LogP contribution in [-0.4, -0.2) is 38.7 Å². The van der Waals surface area contributed by atoms with Crippen molar-refractivity contribution in [2.75, 3.05) is 13.2 Å². The van der Waals surface area contributed by atoms with Gasteiger partial charge in [0.05, 0.1) is 17.2 Å². The Balaban J connectivity index is 2.05. The summed E-state index contributed by atoms with van der Waals surface area (Å²) >= 11 is 6.24. The topological polar surface area (TPSA) is 80.0 Å². The minimum absolute atomic E-state index is 0.109. The van der Waals surface area contributed by atoms with E-state index in [4.69, 9.17) is 16.7 Å². The van der Waals surface area contributed by atoms with Crippen molar-refractivity contribution in [1.29, 1.82) is 0 Å². The van der Waals surface area contributed by atoms with Crippen LogP contribution in [0.1, 0.15) is 10.4 Å². The van der Waals surface area contributed by atoms with Gasteiger partial charge < -0.3 is 15.0 Å². The van der Waals surface area contributed by atoms with E-state index in [1.165, 1.54) is 6.20 Å². The van der Waals surface area contributed by atoms with Crippen molar-refractivity contribution in [3.8, 4) is 11.4 Å². The summed E-state index contributed by atoms with van der Waals surface area (Å²) in [6, 6.07) is 9.11. The molecule has 7 heteroatoms. The number of aryl methyl sites for hydroxylation is 1. The Bertz CT molecular complexity index is 876. The van der Waals surface area contributed by atoms with Crippen LogP contribution in [-0.2, 0) is 7.05 Å². The lowest BCUT2D eigenvalue weighted by Gasteiger charge is -2.04. The molecule has 118 valence electrons. The lowest BCUT2D eigenvalue weighted by atomic mass is 10.2. The minimum Gasteiger partial charge on any atom is -0.395 e. The van der Waals surface area contributed by atoms with Gasteiger partial charge in [-0.05, 0) is 18.2 Å². The summed E-state index contributed by atoms with van der Waals surface area (Å²) in [5.74, 6) is 0.393. The molecule has 0 radical (unpaired) electrons. The fourth-order valence-electron chi connectivity index (χ4n) is 2.36. The van der Waals surface area contributed by atoms with Crippen LogP contribution >= 0.6 is 11.6 Å². The van der Waals surface area contributed by atoms with Gasteiger partial charge in [-0.3, -0.25) is 4.79 Å². The number of fused-ring (bicyclic) bond motifs is 1. The molecule has 0 aliphatic carbocycles. The van der Waals surface area contributed by atoms with Crippen molar-refractivity contribution >= 4 is 28.7 Å². The molecule has 0 unspecified atom stereocenters. The maximum Gasteiger partial charge on any atom is 0.253 e. The molecule has 6 nitrogen and oxygen atoms in total. The fourth-order valence-corrected chi connectivity index (χ4v) is 2.58. The lowest BCUT2D eigenvalue weighted by molar-refractivity contribution is 0.0944. The molecular formula is C16H15ClN4O2. The molecule has 2 N–H and O–H groups in total. The van der Waals surface area contributed by atoms with Gasteiger partial charge >= 0.3 is 0 Å². The van der Waals surface area contributed by atoms with Crippen LogP contribution in [0.4, 0.5) is 0 Å². The zero-order valence-electron chi connectivity index (χ0n) is 12.5. The number of halogens is 1. The monoisotopic (exact) mass is 330 g/mol. The molecule has 0 spiro atoms. The summed E-state index contributed by atoms with van der Waals surface area (Å²) in [6.07, 6.45) is 1.49. The predicted molar refractivity (Wildman–Crippen MR) is 88.4 cm³/mol. The number of imidazole rings is 1. The van der Waals surface area contributed by atoms with Gasteiger partial charge in [0.15, 0.2) is 5.65 Å². The number of carbonyl (C=O) groups is 1. The van der Waals surface area contributed by atoms with E-state index in [9.17, 15) is 4.79 Å². The molecule has 0 atom stereocenters. The van der Waals surface area contributed by atoms with E-state index in [2.05, 4.69) is 15.3 Å². The van der Waals surface area contributed by atoms with Gasteiger partial charge in [0, 0.05) is 25.4 Å². The van der Waals surface area contributed by atoms with Crippen molar-refractivity contribution in [3.05, 3.63) is 47.1 Å². The van der Waals surface area contributed by atoms with Crippen LogP contribution < -0.4 is 5.32 Å². The van der Waals surface area contributed by atoms with E-state index >= 15 is 0 Å². The van der Waals surface area contributed by atoms with Crippen molar-refractivity contribution in [2.45, 2.75) is 0 Å². The molecular weight excluding hydrogens is 316 g/mol. The van der Waals surface area contributed by atoms with Crippen LogP contribution in [0.25, 0.3) is 22.6 Å². The Kier molecular flexibility index (Phi) is 4.27. The average molecular weight is 331 g/mol. The Morgan fingerprint density at radius 2 is 2.17 bits per heavy atom. The molecule has 0 fully saturated rings. The van der Waals surface area contributed by atoms with Crippen molar-refractivity contribution in [2.24, 2.45) is 7.05 Å². The van der Waals surface area contributed by atoms with E-state index < -0.39 is 0 Å². The molecule has 3 rings (SSSR count). The minimum atomic E-state index is -0.293. The van der Waals surface area contributed by atoms with Gasteiger partial charge in [-0.1, -0.05) is 23.7 Å². The van der Waals surface area contributed by atoms with Crippen LogP contribution in [0, 0.1) is 0 Å². The average Bonchev–Trinajstić information content (AvgIpc) is 2.89. The number of aliphatic hydroxyl groups excluding tert-OH is 1. The van der Waals surface area contributed by atoms with E-state index in [1.54, 1.807) is 12.1 Å². The van der Waals surface area contributed by atoms with Crippen LogP contribution in [0.3, 0.4) is 0 Å². The van der Waals surface area contributed by atoms with Crippen molar-refractivity contribution < 1.29 is 9.90 Å². The molecule has 1 amide bonds. The van der Waals surface area contributed by atoms with Crippen LogP contribution in [0.5, 0.6) is 0 Å². The summed E-state index contributed by atoms with van der Waals surface area (Å²) in [4.78, 5) is 20.8. The first-order chi connectivity index (χ1) is 11.1. The number of pyridine rings is 1. The zero-order valence-corrected chi connectivity index (χ0v) is 13.2. The number of nitrogens with zero attached hydrogens (tertiary/aromatic N) is 3. The Hall–Kier alpha value is -2.44. The quantitative estimate of drug-likeness (QED) is 0.767. The summed E-state index contributed by atoms with van der Waals surface area (Å²) in [5, 5.41) is 12.0. The summed E-state index contributed by atoms with van der Waals surface area (Å²) in [6.45, 7) is 0.0889. The van der Waals surface area contributed by atoms with Crippen LogP contribution in [0.2, 0.25) is 5.02 Å². The number of nitrogens with one attached hydrogen (secondary N) is 1. The van der Waals surface area contributed by atoms with Crippen molar-refractivity contribution in [1.82, 2.24) is 19.9 Å². The largest absolute Gasteiger partial charge is 0.395 e. The Labute approximate surface area is 137 Å². The highest BCUT2D eigenvalue weighted by molar-refractivity contribution is 6.33. The smallest absolute Gasteiger partial charge is 0.253 e. The molecule has 0 aliphatic heterocycles. The Morgan fingerprint density at radius 3 is 2.91 bits per heavy atom. The van der Waals surface area contributed by atoms with Gasteiger partial charge in [0.2, 0.25) is 0 Å². The highest BCUT2D eigenvalue weighted by Gasteiger charge is 2.15. The molecule has 0 bridgehead atoms. The number of benzene rings is 1. The maximum absolute atomic E-state index is 11.9. The van der Waals surface area contributed by atoms with Gasteiger partial charge in [-0.15, -0.1) is 0 Å². The Morgan fingerprint density at radius 1 is 1.39 bits per heavy atom. The van der Waals surface area contributed by atoms with Gasteiger partial charge in [0.25, 0.3) is 5.91 Å². The molecule has 3 aromatic rings. The normalized spacial score (nSPS) is 10.9. The van der Waals surface area contributed by atoms with E-state index in [-0.39, 0.29) is 19.1 Å². The predicted octanol–water partition coefficient (Wildman–Crippen LogP) is 2.01. The number of aromatic nitrogens is 3. The van der Waals surface area contributed by atoms with Gasteiger partial charge in [-0.2, -0.15) is 0 Å². The third-order valence-corrected chi connectivity index (χ3v) is 3.81. The second kappa shape index (κ2) is 6.36. The first-order valence-electron chi connectivity index (χ1n) is 7.08. The number of hydrogen-bond acceptors (Lipinski definition) is 4. The van der Waals surface area contributed by atoms with E-state index in [1.807, 2.05) is 29.8 Å². The van der Waals surface area contributed by atoms with Gasteiger partial charge in [-0.25, -0.2) is 9.97 Å². The number of hydrogen-bond donors (Lipinski definition) is 2. The summed E-state index contributed by atoms with van der Waals surface area (Å²) in [5.41, 5.74) is 2.48. The fraction of sp³-hybridized carbons (Fsp3) is 0.188. The van der Waals surface area contributed by atoms with E-state index in [0.717, 1.165) is 5.56 Å². The first kappa shape index (κ1) is 15.5. The molecule has 1 aromatic carbocycles. The second-order valence-electron chi connectivity index (χ2n) is 5.02. The molecule has 2 heterocycles. The SMILES string of the molecule is Cn1c(-c2ccccc2Cl)nc2cc(C(=O)NCCO)cnc21. The highest BCUT2D eigenvalue weighted by Crippen LogP contribution is 2.28. The molecule has 23 heavy (non-hydrogen) atoms. The molecule has 0 saturated carbocycles. The summed E-state index contributed by atoms with van der Waals surface area (Å²) in [7, 11) is 1.85. The van der Waals surface area contributed by atoms with Crippen molar-refractivity contribution in [3.63, 3.8) is 0 Å². The van der Waals surface area contributed by atoms with Crippen LogP contribution in [0.15, 0.2) is 36.5 Å². The first-order valence-corrected chi connectivity index (χ1v) is 7.46. The second-order valence-corrected chi connectivity index (χ2v) is 5.43. The van der Waals surface area contributed by atoms with Gasteiger partial charge in [0.1, 0.15) is 11.3 Å². The molecule has 2 aromatic heterocycles. The number of aliphatic hydroxyl groups is 1. The third-order valence-electron chi connectivity index (χ3n) is 3.48. The maximum atomic E-state index is 11.9. The number of rotatable bonds is 4. The summed E-state index contributed by atoms with van der Waals surface area (Å²) < 4.78 is 1.84. The molecule has 0 saturated heterocycles. The van der Waals surface area contributed by atoms with E-state index in [0.29, 0.717) is 27.6 Å².